The van der Waals surface area contributed by atoms with Crippen LogP contribution in [0, 0.1) is 5.82 Å². The van der Waals surface area contributed by atoms with Gasteiger partial charge in [0.25, 0.3) is 0 Å². The smallest absolute Gasteiger partial charge is 0.123 e. The topological polar surface area (TPSA) is 32.3 Å². The standard InChI is InChI=1S/C11H14FNO/c12-9-3-1-2-8(6-9)7-10-11(14)4-5-13-10/h1-3,6,10-11,13-14H,4-5,7H2. The molecule has 1 saturated heterocycles. The van der Waals surface area contributed by atoms with Gasteiger partial charge in [0.2, 0.25) is 0 Å². The Bertz CT molecular complexity index is 316. The molecule has 0 radical (unpaired) electrons. The van der Waals surface area contributed by atoms with Crippen LogP contribution in [-0.2, 0) is 6.42 Å². The summed E-state index contributed by atoms with van der Waals surface area (Å²) >= 11 is 0. The van der Waals surface area contributed by atoms with Crippen LogP contribution in [0.5, 0.6) is 0 Å². The van der Waals surface area contributed by atoms with Crippen LogP contribution in [0.2, 0.25) is 0 Å². The van der Waals surface area contributed by atoms with Crippen molar-refractivity contribution in [2.24, 2.45) is 0 Å². The lowest BCUT2D eigenvalue weighted by Crippen LogP contribution is -2.32. The maximum atomic E-state index is 12.9. The third-order valence-electron chi connectivity index (χ3n) is 2.66. The van der Waals surface area contributed by atoms with Crippen molar-refractivity contribution in [2.75, 3.05) is 6.54 Å². The molecule has 2 N–H and O–H groups in total. The van der Waals surface area contributed by atoms with Crippen LogP contribution < -0.4 is 5.32 Å². The number of rotatable bonds is 2. The molecule has 14 heavy (non-hydrogen) atoms. The summed E-state index contributed by atoms with van der Waals surface area (Å²) < 4.78 is 12.9. The summed E-state index contributed by atoms with van der Waals surface area (Å²) in [6.45, 7) is 0.848. The maximum Gasteiger partial charge on any atom is 0.123 e. The molecule has 2 unspecified atom stereocenters. The van der Waals surface area contributed by atoms with Gasteiger partial charge >= 0.3 is 0 Å². The lowest BCUT2D eigenvalue weighted by molar-refractivity contribution is 0.159. The fourth-order valence-electron chi connectivity index (χ4n) is 1.88. The molecule has 0 spiro atoms. The highest BCUT2D eigenvalue weighted by atomic mass is 19.1. The first kappa shape index (κ1) is 9.62. The number of halogens is 1. The molecular formula is C11H14FNO. The van der Waals surface area contributed by atoms with E-state index in [4.69, 9.17) is 0 Å². The lowest BCUT2D eigenvalue weighted by Gasteiger charge is -2.14. The van der Waals surface area contributed by atoms with E-state index in [9.17, 15) is 9.50 Å². The van der Waals surface area contributed by atoms with Crippen LogP contribution in [0.15, 0.2) is 24.3 Å². The van der Waals surface area contributed by atoms with E-state index >= 15 is 0 Å². The van der Waals surface area contributed by atoms with Crippen molar-refractivity contribution in [2.45, 2.75) is 25.0 Å². The first-order valence-corrected chi connectivity index (χ1v) is 4.91. The number of hydrogen-bond donors (Lipinski definition) is 2. The minimum atomic E-state index is -0.293. The Balaban J connectivity index is 2.03. The highest BCUT2D eigenvalue weighted by Crippen LogP contribution is 2.13. The van der Waals surface area contributed by atoms with Crippen molar-refractivity contribution in [3.8, 4) is 0 Å². The molecule has 1 heterocycles. The van der Waals surface area contributed by atoms with E-state index < -0.39 is 0 Å². The number of aliphatic hydroxyl groups excluding tert-OH is 1. The Morgan fingerprint density at radius 1 is 1.50 bits per heavy atom. The van der Waals surface area contributed by atoms with Gasteiger partial charge in [0.1, 0.15) is 5.82 Å². The molecule has 1 aliphatic heterocycles. The summed E-state index contributed by atoms with van der Waals surface area (Å²) in [5.41, 5.74) is 0.934. The molecule has 1 aromatic rings. The van der Waals surface area contributed by atoms with E-state index in [0.29, 0.717) is 6.42 Å². The second-order valence-electron chi connectivity index (χ2n) is 3.75. The van der Waals surface area contributed by atoms with Crippen molar-refractivity contribution in [3.05, 3.63) is 35.6 Å². The molecule has 0 amide bonds. The zero-order valence-electron chi connectivity index (χ0n) is 7.91. The van der Waals surface area contributed by atoms with Crippen molar-refractivity contribution in [1.29, 1.82) is 0 Å². The van der Waals surface area contributed by atoms with Crippen LogP contribution in [-0.4, -0.2) is 23.8 Å². The summed E-state index contributed by atoms with van der Waals surface area (Å²) in [6.07, 6.45) is 1.19. The summed E-state index contributed by atoms with van der Waals surface area (Å²) in [5.74, 6) is -0.213. The highest BCUT2D eigenvalue weighted by Gasteiger charge is 2.24. The molecule has 0 bridgehead atoms. The normalized spacial score (nSPS) is 26.7. The molecule has 2 rings (SSSR count). The number of nitrogens with one attached hydrogen (secondary N) is 1. The third-order valence-corrected chi connectivity index (χ3v) is 2.66. The predicted octanol–water partition coefficient (Wildman–Crippen LogP) is 1.09. The Labute approximate surface area is 82.8 Å². The number of hydrogen-bond acceptors (Lipinski definition) is 2. The van der Waals surface area contributed by atoms with Crippen molar-refractivity contribution < 1.29 is 9.50 Å². The Morgan fingerprint density at radius 3 is 3.00 bits per heavy atom. The first-order valence-electron chi connectivity index (χ1n) is 4.91. The summed E-state index contributed by atoms with van der Waals surface area (Å²) in [7, 11) is 0. The Kier molecular flexibility index (Phi) is 2.79. The first-order chi connectivity index (χ1) is 6.75. The summed E-state index contributed by atoms with van der Waals surface area (Å²) in [5, 5.41) is 12.8. The van der Waals surface area contributed by atoms with Crippen molar-refractivity contribution in [3.63, 3.8) is 0 Å². The van der Waals surface area contributed by atoms with E-state index in [-0.39, 0.29) is 18.0 Å². The van der Waals surface area contributed by atoms with Gasteiger partial charge < -0.3 is 10.4 Å². The van der Waals surface area contributed by atoms with Gasteiger partial charge in [-0.2, -0.15) is 0 Å². The van der Waals surface area contributed by atoms with Crippen molar-refractivity contribution >= 4 is 0 Å². The monoisotopic (exact) mass is 195 g/mol. The van der Waals surface area contributed by atoms with Crippen LogP contribution in [0.25, 0.3) is 0 Å². The van der Waals surface area contributed by atoms with Crippen molar-refractivity contribution in [1.82, 2.24) is 5.32 Å². The molecule has 76 valence electrons. The largest absolute Gasteiger partial charge is 0.391 e. The molecule has 1 aromatic carbocycles. The average molecular weight is 195 g/mol. The van der Waals surface area contributed by atoms with Gasteiger partial charge in [-0.25, -0.2) is 4.39 Å². The fourth-order valence-corrected chi connectivity index (χ4v) is 1.88. The average Bonchev–Trinajstić information content (AvgIpc) is 2.52. The van der Waals surface area contributed by atoms with Gasteiger partial charge in [-0.3, -0.25) is 0 Å². The summed E-state index contributed by atoms with van der Waals surface area (Å²) in [6, 6.07) is 6.62. The van der Waals surface area contributed by atoms with Crippen LogP contribution >= 0.6 is 0 Å². The molecule has 1 fully saturated rings. The zero-order valence-corrected chi connectivity index (χ0v) is 7.91. The highest BCUT2D eigenvalue weighted by molar-refractivity contribution is 5.18. The van der Waals surface area contributed by atoms with E-state index in [0.717, 1.165) is 18.5 Å². The van der Waals surface area contributed by atoms with Gasteiger partial charge in [-0.05, 0) is 37.1 Å². The molecule has 1 aliphatic rings. The SMILES string of the molecule is OC1CCNC1Cc1cccc(F)c1. The second kappa shape index (κ2) is 4.07. The Morgan fingerprint density at radius 2 is 2.36 bits per heavy atom. The minimum Gasteiger partial charge on any atom is -0.391 e. The molecule has 3 heteroatoms. The van der Waals surface area contributed by atoms with Gasteiger partial charge in [0.15, 0.2) is 0 Å². The van der Waals surface area contributed by atoms with Gasteiger partial charge in [0, 0.05) is 6.04 Å². The van der Waals surface area contributed by atoms with E-state index in [1.165, 1.54) is 12.1 Å². The van der Waals surface area contributed by atoms with E-state index in [2.05, 4.69) is 5.32 Å². The molecule has 0 saturated carbocycles. The van der Waals surface area contributed by atoms with Crippen LogP contribution in [0.4, 0.5) is 4.39 Å². The molecule has 0 aromatic heterocycles. The van der Waals surface area contributed by atoms with Gasteiger partial charge in [0.05, 0.1) is 6.10 Å². The molecular weight excluding hydrogens is 181 g/mol. The van der Waals surface area contributed by atoms with Crippen LogP contribution in [0.1, 0.15) is 12.0 Å². The van der Waals surface area contributed by atoms with Crippen LogP contribution in [0.3, 0.4) is 0 Å². The predicted molar refractivity (Wildman–Crippen MR) is 52.5 cm³/mol. The fraction of sp³-hybridized carbons (Fsp3) is 0.455. The van der Waals surface area contributed by atoms with Gasteiger partial charge in [-0.1, -0.05) is 12.1 Å². The number of benzene rings is 1. The lowest BCUT2D eigenvalue weighted by atomic mass is 10.0. The minimum absolute atomic E-state index is 0.0804. The quantitative estimate of drug-likeness (QED) is 0.740. The second-order valence-corrected chi connectivity index (χ2v) is 3.75. The van der Waals surface area contributed by atoms with E-state index in [1.807, 2.05) is 6.07 Å². The third kappa shape index (κ3) is 2.11. The molecule has 2 atom stereocenters. The van der Waals surface area contributed by atoms with Gasteiger partial charge in [-0.15, -0.1) is 0 Å². The molecule has 0 aliphatic carbocycles. The Hall–Kier alpha value is -0.930. The summed E-state index contributed by atoms with van der Waals surface area (Å²) in [4.78, 5) is 0. The zero-order chi connectivity index (χ0) is 9.97. The van der Waals surface area contributed by atoms with E-state index in [1.54, 1.807) is 6.07 Å². The number of aliphatic hydroxyl groups is 1. The molecule has 2 nitrogen and oxygen atoms in total. The maximum absolute atomic E-state index is 12.9.